The van der Waals surface area contributed by atoms with Gasteiger partial charge < -0.3 is 0 Å². The zero-order chi connectivity index (χ0) is 22.6. The van der Waals surface area contributed by atoms with E-state index in [4.69, 9.17) is 0 Å². The van der Waals surface area contributed by atoms with E-state index >= 15 is 0 Å². The molecule has 0 aliphatic heterocycles. The van der Waals surface area contributed by atoms with Gasteiger partial charge in [0.05, 0.1) is 0 Å². The van der Waals surface area contributed by atoms with Gasteiger partial charge in [0, 0.05) is 17.8 Å². The first kappa shape index (κ1) is 23.2. The maximum absolute atomic E-state index is 12.4. The monoisotopic (exact) mass is 431 g/mol. The van der Waals surface area contributed by atoms with Crippen molar-refractivity contribution in [2.24, 2.45) is 52.3 Å². The second-order valence-electron chi connectivity index (χ2n) is 12.9. The number of Topliss-reactive ketones (excluding diaryl/α,β-unsaturated/α-hetero) is 1. The van der Waals surface area contributed by atoms with E-state index in [1.165, 1.54) is 51.4 Å². The van der Waals surface area contributed by atoms with E-state index in [1.54, 1.807) is 0 Å². The number of rotatable bonds is 6. The molecule has 176 valence electrons. The van der Waals surface area contributed by atoms with Crippen molar-refractivity contribution in [1.82, 2.24) is 0 Å². The molecule has 0 amide bonds. The van der Waals surface area contributed by atoms with Crippen LogP contribution < -0.4 is 0 Å². The quantitative estimate of drug-likeness (QED) is 0.338. The van der Waals surface area contributed by atoms with Crippen LogP contribution in [0.1, 0.15) is 105 Å². The minimum atomic E-state index is -0.953. The Labute approximate surface area is 189 Å². The van der Waals surface area contributed by atoms with Crippen LogP contribution in [0.25, 0.3) is 0 Å². The molecule has 0 spiro atoms. The van der Waals surface area contributed by atoms with E-state index < -0.39 is 6.04 Å². The molecule has 0 saturated heterocycles. The Morgan fingerprint density at radius 1 is 1.00 bits per heavy atom. The molecule has 0 N–H and O–H groups in total. The number of carbonyl (C=O) groups is 1. The fraction of sp³-hybridized carbons (Fsp3) is 0.963. The number of fused-ring (bicyclic) bond motifs is 5. The van der Waals surface area contributed by atoms with Gasteiger partial charge >= 0.3 is 0 Å². The Hall–Kier alpha value is -0.930. The summed E-state index contributed by atoms with van der Waals surface area (Å²) in [7, 11) is 0. The molecule has 0 bridgehead atoms. The lowest BCUT2D eigenvalue weighted by Gasteiger charge is -2.60. The van der Waals surface area contributed by atoms with Crippen LogP contribution in [-0.4, -0.2) is 16.7 Å². The highest BCUT2D eigenvalue weighted by atomic mass is 16.6. The van der Waals surface area contributed by atoms with E-state index in [2.05, 4.69) is 34.6 Å². The molecule has 4 heteroatoms. The average Bonchev–Trinajstić information content (AvgIpc) is 3.05. The van der Waals surface area contributed by atoms with Gasteiger partial charge in [-0.3, -0.25) is 14.9 Å². The largest absolute Gasteiger partial charge is 0.292 e. The smallest absolute Gasteiger partial charge is 0.270 e. The van der Waals surface area contributed by atoms with Crippen molar-refractivity contribution in [2.45, 2.75) is 111 Å². The van der Waals surface area contributed by atoms with Crippen molar-refractivity contribution < 1.29 is 9.72 Å². The van der Waals surface area contributed by atoms with Crippen LogP contribution in [0.5, 0.6) is 0 Å². The first-order valence-electron chi connectivity index (χ1n) is 13.2. The molecule has 9 atom stereocenters. The Bertz CT molecular complexity index is 705. The second kappa shape index (κ2) is 8.45. The summed E-state index contributed by atoms with van der Waals surface area (Å²) in [6, 6.07) is -0.953. The van der Waals surface area contributed by atoms with Gasteiger partial charge in [0.25, 0.3) is 6.04 Å². The summed E-state index contributed by atoms with van der Waals surface area (Å²) < 4.78 is 0. The third-order valence-corrected chi connectivity index (χ3v) is 11.0. The molecule has 4 rings (SSSR count). The Morgan fingerprint density at radius 3 is 2.39 bits per heavy atom. The van der Waals surface area contributed by atoms with Crippen LogP contribution in [-0.2, 0) is 4.79 Å². The minimum absolute atomic E-state index is 0.0170. The normalized spacial score (nSPS) is 45.7. The SMILES string of the molecule is CC(C)CCC[C@@H](C)[C@@H]1CC[C@@H]2[C@@H]3CC[C@H]4CC(=O)[C@H]([N+](=O)[O-])C[C@]4(C)[C@H]3CC[C@]21C. The number of ketones is 1. The highest BCUT2D eigenvalue weighted by molar-refractivity contribution is 5.84. The number of hydrogen-bond acceptors (Lipinski definition) is 3. The summed E-state index contributed by atoms with van der Waals surface area (Å²) in [5, 5.41) is 11.6. The lowest BCUT2D eigenvalue weighted by Crippen LogP contribution is -2.57. The molecule has 31 heavy (non-hydrogen) atoms. The predicted octanol–water partition coefficient (Wildman–Crippen LogP) is 6.93. The number of hydrogen-bond donors (Lipinski definition) is 0. The Kier molecular flexibility index (Phi) is 6.33. The highest BCUT2D eigenvalue weighted by Crippen LogP contribution is 2.68. The molecule has 0 radical (unpaired) electrons. The molecular formula is C27H45NO3. The zero-order valence-electron chi connectivity index (χ0n) is 20.6. The van der Waals surface area contributed by atoms with Crippen LogP contribution in [0.4, 0.5) is 0 Å². The lowest BCUT2D eigenvalue weighted by atomic mass is 9.44. The second-order valence-corrected chi connectivity index (χ2v) is 12.9. The van der Waals surface area contributed by atoms with E-state index in [-0.39, 0.29) is 16.1 Å². The first-order chi connectivity index (χ1) is 14.6. The summed E-state index contributed by atoms with van der Waals surface area (Å²) in [6.45, 7) is 12.1. The average molecular weight is 432 g/mol. The minimum Gasteiger partial charge on any atom is -0.292 e. The standard InChI is InChI=1S/C27H45NO3/c1-17(2)7-6-8-18(3)21-11-12-22-20-10-9-19-15-25(29)24(28(30)31)16-27(19,5)23(20)13-14-26(21,22)4/h17-24H,6-16H2,1-5H3/t18-,19+,20+,21+,22-,23+,24-,26+,27+/m1/s1. The molecule has 0 unspecified atom stereocenters. The summed E-state index contributed by atoms with van der Waals surface area (Å²) in [6.07, 6.45) is 12.6. The summed E-state index contributed by atoms with van der Waals surface area (Å²) >= 11 is 0. The van der Waals surface area contributed by atoms with Gasteiger partial charge in [-0.15, -0.1) is 0 Å². The topological polar surface area (TPSA) is 60.2 Å². The van der Waals surface area contributed by atoms with Crippen molar-refractivity contribution >= 4 is 5.78 Å². The Morgan fingerprint density at radius 2 is 1.71 bits per heavy atom. The summed E-state index contributed by atoms with van der Waals surface area (Å²) in [5.74, 6) is 4.79. The van der Waals surface area contributed by atoms with Crippen molar-refractivity contribution in [3.8, 4) is 0 Å². The van der Waals surface area contributed by atoms with E-state index in [1.807, 2.05) is 0 Å². The van der Waals surface area contributed by atoms with Gasteiger partial charge in [0.15, 0.2) is 0 Å². The van der Waals surface area contributed by atoms with Crippen molar-refractivity contribution in [1.29, 1.82) is 0 Å². The third-order valence-electron chi connectivity index (χ3n) is 11.0. The van der Waals surface area contributed by atoms with E-state index in [0.717, 1.165) is 30.1 Å². The third kappa shape index (κ3) is 3.88. The van der Waals surface area contributed by atoms with Crippen LogP contribution >= 0.6 is 0 Å². The molecule has 4 aliphatic rings. The number of nitrogens with zero attached hydrogens (tertiary/aromatic N) is 1. The van der Waals surface area contributed by atoms with Gasteiger partial charge in [0.2, 0.25) is 5.78 Å². The van der Waals surface area contributed by atoms with Crippen LogP contribution in [0.15, 0.2) is 0 Å². The van der Waals surface area contributed by atoms with E-state index in [9.17, 15) is 14.9 Å². The fourth-order valence-corrected chi connectivity index (χ4v) is 9.31. The van der Waals surface area contributed by atoms with Crippen molar-refractivity contribution in [2.75, 3.05) is 0 Å². The number of carbonyl (C=O) groups excluding carboxylic acids is 1. The van der Waals surface area contributed by atoms with Crippen molar-refractivity contribution in [3.05, 3.63) is 10.1 Å². The van der Waals surface area contributed by atoms with Crippen LogP contribution in [0, 0.1) is 62.4 Å². The summed E-state index contributed by atoms with van der Waals surface area (Å²) in [4.78, 5) is 23.8. The maximum atomic E-state index is 12.4. The zero-order valence-corrected chi connectivity index (χ0v) is 20.6. The first-order valence-corrected chi connectivity index (χ1v) is 13.2. The molecule has 0 heterocycles. The van der Waals surface area contributed by atoms with Gasteiger partial charge in [-0.05, 0) is 90.8 Å². The molecule has 0 aromatic rings. The molecule has 4 nitrogen and oxygen atoms in total. The molecule has 0 aromatic carbocycles. The predicted molar refractivity (Wildman–Crippen MR) is 124 cm³/mol. The van der Waals surface area contributed by atoms with Crippen molar-refractivity contribution in [3.63, 3.8) is 0 Å². The molecule has 0 aromatic heterocycles. The number of nitro groups is 1. The van der Waals surface area contributed by atoms with Gasteiger partial charge in [-0.25, -0.2) is 0 Å². The van der Waals surface area contributed by atoms with Gasteiger partial charge in [0.1, 0.15) is 0 Å². The molecule has 4 saturated carbocycles. The van der Waals surface area contributed by atoms with Crippen LogP contribution in [0.3, 0.4) is 0 Å². The molecular weight excluding hydrogens is 386 g/mol. The molecule has 4 fully saturated rings. The lowest BCUT2D eigenvalue weighted by molar-refractivity contribution is -0.514. The van der Waals surface area contributed by atoms with E-state index in [0.29, 0.717) is 36.0 Å². The van der Waals surface area contributed by atoms with Crippen LogP contribution in [0.2, 0.25) is 0 Å². The fourth-order valence-electron chi connectivity index (χ4n) is 9.31. The summed E-state index contributed by atoms with van der Waals surface area (Å²) in [5.41, 5.74) is 0.436. The molecule has 4 aliphatic carbocycles. The maximum Gasteiger partial charge on any atom is 0.270 e. The highest BCUT2D eigenvalue weighted by Gasteiger charge is 2.62. The van der Waals surface area contributed by atoms with Gasteiger partial charge in [-0.1, -0.05) is 53.9 Å². The van der Waals surface area contributed by atoms with Gasteiger partial charge in [-0.2, -0.15) is 0 Å². The Balaban J connectivity index is 1.50.